The third-order valence-corrected chi connectivity index (χ3v) is 2.47. The van der Waals surface area contributed by atoms with Gasteiger partial charge in [-0.25, -0.2) is 4.39 Å². The summed E-state index contributed by atoms with van der Waals surface area (Å²) in [5.41, 5.74) is 6.20. The van der Waals surface area contributed by atoms with E-state index in [1.807, 2.05) is 20.8 Å². The fourth-order valence-electron chi connectivity index (χ4n) is 1.69. The van der Waals surface area contributed by atoms with E-state index in [1.165, 1.54) is 12.1 Å². The fourth-order valence-corrected chi connectivity index (χ4v) is 1.69. The van der Waals surface area contributed by atoms with Crippen molar-refractivity contribution in [3.05, 3.63) is 35.6 Å². The molecule has 0 saturated heterocycles. The molecule has 1 rings (SSSR count). The number of nitrogens with one attached hydrogen (secondary N) is 2. The number of benzene rings is 1. The van der Waals surface area contributed by atoms with Crippen LogP contribution in [0.25, 0.3) is 0 Å². The largest absolute Gasteiger partial charge is 0.370 e. The number of guanidine groups is 1. The van der Waals surface area contributed by atoms with Gasteiger partial charge < -0.3 is 16.4 Å². The summed E-state index contributed by atoms with van der Waals surface area (Å²) < 4.78 is 13.0. The highest BCUT2D eigenvalue weighted by Gasteiger charge is 2.09. The number of hydrogen-bond donors (Lipinski definition) is 3. The van der Waals surface area contributed by atoms with Crippen LogP contribution >= 0.6 is 24.0 Å². The molecule has 0 spiro atoms. The molecule has 0 atom stereocenters. The maximum atomic E-state index is 13.0. The van der Waals surface area contributed by atoms with Gasteiger partial charge >= 0.3 is 0 Å². The molecular weight excluding hydrogens is 398 g/mol. The molecular formula is C15H24FIN4O. The van der Waals surface area contributed by atoms with Crippen molar-refractivity contribution in [2.75, 3.05) is 13.1 Å². The molecule has 0 fully saturated rings. The Balaban J connectivity index is 0.00000441. The van der Waals surface area contributed by atoms with Crippen LogP contribution in [0.4, 0.5) is 4.39 Å². The van der Waals surface area contributed by atoms with Crippen LogP contribution in [0.15, 0.2) is 29.3 Å². The number of carbonyl (C=O) groups excluding carboxylic acids is 1. The molecule has 0 aliphatic carbocycles. The zero-order valence-corrected chi connectivity index (χ0v) is 15.5. The number of carbonyl (C=O) groups is 1. The standard InChI is InChI=1S/C15H23FN4O.HI/c1-15(2,3)20-14(17)19-8-7-18-13(21)10-11-5-4-6-12(16)9-11;/h4-6,9H,7-8,10H2,1-3H3,(H,18,21)(H3,17,19,20);1H. The summed E-state index contributed by atoms with van der Waals surface area (Å²) in [4.78, 5) is 15.8. The fraction of sp³-hybridized carbons (Fsp3) is 0.467. The Labute approximate surface area is 148 Å². The molecule has 1 aromatic rings. The highest BCUT2D eigenvalue weighted by atomic mass is 127. The molecule has 7 heteroatoms. The van der Waals surface area contributed by atoms with Crippen LogP contribution in [0.2, 0.25) is 0 Å². The Bertz CT molecular complexity index is 515. The zero-order valence-electron chi connectivity index (χ0n) is 13.1. The van der Waals surface area contributed by atoms with E-state index in [9.17, 15) is 9.18 Å². The number of amides is 1. The molecule has 1 aromatic carbocycles. The van der Waals surface area contributed by atoms with Crippen LogP contribution in [0.5, 0.6) is 0 Å². The van der Waals surface area contributed by atoms with E-state index in [-0.39, 0.29) is 47.7 Å². The van der Waals surface area contributed by atoms with Crippen LogP contribution in [0.3, 0.4) is 0 Å². The summed E-state index contributed by atoms with van der Waals surface area (Å²) in [5, 5.41) is 5.74. The Morgan fingerprint density at radius 2 is 2.05 bits per heavy atom. The second-order valence-electron chi connectivity index (χ2n) is 5.80. The average Bonchev–Trinajstić information content (AvgIpc) is 2.32. The maximum Gasteiger partial charge on any atom is 0.224 e. The maximum absolute atomic E-state index is 13.0. The summed E-state index contributed by atoms with van der Waals surface area (Å²) in [6.07, 6.45) is 0.150. The molecule has 0 unspecified atom stereocenters. The van der Waals surface area contributed by atoms with Gasteiger partial charge in [-0.05, 0) is 38.5 Å². The van der Waals surface area contributed by atoms with E-state index < -0.39 is 0 Å². The summed E-state index contributed by atoms with van der Waals surface area (Å²) in [7, 11) is 0. The molecule has 0 heterocycles. The van der Waals surface area contributed by atoms with Gasteiger partial charge in [0.05, 0.1) is 13.0 Å². The first-order valence-electron chi connectivity index (χ1n) is 6.85. The van der Waals surface area contributed by atoms with E-state index in [0.717, 1.165) is 0 Å². The monoisotopic (exact) mass is 422 g/mol. The van der Waals surface area contributed by atoms with Gasteiger partial charge in [0.2, 0.25) is 5.91 Å². The van der Waals surface area contributed by atoms with Gasteiger partial charge in [0, 0.05) is 12.1 Å². The van der Waals surface area contributed by atoms with E-state index in [1.54, 1.807) is 12.1 Å². The van der Waals surface area contributed by atoms with Crippen molar-refractivity contribution in [2.24, 2.45) is 10.7 Å². The van der Waals surface area contributed by atoms with Gasteiger partial charge in [-0.3, -0.25) is 9.79 Å². The summed E-state index contributed by atoms with van der Waals surface area (Å²) in [6.45, 7) is 6.73. The van der Waals surface area contributed by atoms with Gasteiger partial charge in [0.25, 0.3) is 0 Å². The second kappa shape index (κ2) is 9.60. The molecule has 0 aliphatic heterocycles. The molecule has 5 nitrogen and oxygen atoms in total. The van der Waals surface area contributed by atoms with Crippen LogP contribution in [0.1, 0.15) is 26.3 Å². The van der Waals surface area contributed by atoms with E-state index in [2.05, 4.69) is 15.6 Å². The van der Waals surface area contributed by atoms with Crippen LogP contribution in [-0.2, 0) is 11.2 Å². The minimum Gasteiger partial charge on any atom is -0.370 e. The Morgan fingerprint density at radius 3 is 2.64 bits per heavy atom. The first kappa shape index (κ1) is 20.6. The van der Waals surface area contributed by atoms with Crippen molar-refractivity contribution in [3.8, 4) is 0 Å². The first-order valence-corrected chi connectivity index (χ1v) is 6.85. The van der Waals surface area contributed by atoms with Crippen molar-refractivity contribution >= 4 is 35.8 Å². The van der Waals surface area contributed by atoms with Crippen molar-refractivity contribution < 1.29 is 9.18 Å². The predicted octanol–water partition coefficient (Wildman–Crippen LogP) is 1.81. The molecule has 22 heavy (non-hydrogen) atoms. The first-order chi connectivity index (χ1) is 9.76. The van der Waals surface area contributed by atoms with E-state index in [4.69, 9.17) is 5.73 Å². The molecule has 1 amide bonds. The minimum absolute atomic E-state index is 0. The van der Waals surface area contributed by atoms with E-state index in [0.29, 0.717) is 24.6 Å². The molecule has 124 valence electrons. The quantitative estimate of drug-likeness (QED) is 0.293. The third-order valence-electron chi connectivity index (χ3n) is 2.47. The van der Waals surface area contributed by atoms with Crippen molar-refractivity contribution in [2.45, 2.75) is 32.7 Å². The number of aliphatic imine (C=N–C) groups is 1. The Kier molecular flexibility index (Phi) is 9.00. The zero-order chi connectivity index (χ0) is 15.9. The van der Waals surface area contributed by atoms with Gasteiger partial charge in [-0.1, -0.05) is 12.1 Å². The van der Waals surface area contributed by atoms with Crippen LogP contribution in [0, 0.1) is 5.82 Å². The Morgan fingerprint density at radius 1 is 1.36 bits per heavy atom. The van der Waals surface area contributed by atoms with Crippen molar-refractivity contribution in [3.63, 3.8) is 0 Å². The Hall–Kier alpha value is -1.38. The lowest BCUT2D eigenvalue weighted by atomic mass is 10.1. The molecule has 0 saturated carbocycles. The lowest BCUT2D eigenvalue weighted by Crippen LogP contribution is -2.45. The van der Waals surface area contributed by atoms with Gasteiger partial charge in [-0.2, -0.15) is 0 Å². The van der Waals surface area contributed by atoms with E-state index >= 15 is 0 Å². The molecule has 0 bridgehead atoms. The number of nitrogens with zero attached hydrogens (tertiary/aromatic N) is 1. The van der Waals surface area contributed by atoms with Crippen molar-refractivity contribution in [1.29, 1.82) is 0 Å². The van der Waals surface area contributed by atoms with Gasteiger partial charge in [0.1, 0.15) is 5.82 Å². The minimum atomic E-state index is -0.342. The molecule has 0 aromatic heterocycles. The van der Waals surface area contributed by atoms with Gasteiger partial charge in [-0.15, -0.1) is 24.0 Å². The smallest absolute Gasteiger partial charge is 0.224 e. The summed E-state index contributed by atoms with van der Waals surface area (Å²) >= 11 is 0. The van der Waals surface area contributed by atoms with Crippen molar-refractivity contribution in [1.82, 2.24) is 10.6 Å². The number of hydrogen-bond acceptors (Lipinski definition) is 2. The molecule has 0 aliphatic rings. The normalized spacial score (nSPS) is 11.5. The topological polar surface area (TPSA) is 79.5 Å². The highest BCUT2D eigenvalue weighted by molar-refractivity contribution is 14.0. The second-order valence-corrected chi connectivity index (χ2v) is 5.80. The number of nitrogens with two attached hydrogens (primary N) is 1. The SMILES string of the molecule is CC(C)(C)NC(N)=NCCNC(=O)Cc1cccc(F)c1.I. The lowest BCUT2D eigenvalue weighted by molar-refractivity contribution is -0.120. The highest BCUT2D eigenvalue weighted by Crippen LogP contribution is 2.03. The van der Waals surface area contributed by atoms with Crippen LogP contribution in [-0.4, -0.2) is 30.5 Å². The van der Waals surface area contributed by atoms with Gasteiger partial charge in [0.15, 0.2) is 5.96 Å². The average molecular weight is 422 g/mol. The van der Waals surface area contributed by atoms with Crippen LogP contribution < -0.4 is 16.4 Å². The predicted molar refractivity (Wildman–Crippen MR) is 97.9 cm³/mol. The molecule has 4 N–H and O–H groups in total. The third kappa shape index (κ3) is 9.54. The number of rotatable bonds is 5. The molecule has 0 radical (unpaired) electrons. The summed E-state index contributed by atoms with van der Waals surface area (Å²) in [6, 6.07) is 6.00. The summed E-state index contributed by atoms with van der Waals surface area (Å²) in [5.74, 6) is -0.161. The number of halogens is 2. The lowest BCUT2D eigenvalue weighted by Gasteiger charge is -2.20.